The molecule has 0 saturated heterocycles. The minimum atomic E-state index is 0.264. The molecule has 2 nitrogen and oxygen atoms in total. The van der Waals surface area contributed by atoms with Crippen LogP contribution in [0.2, 0.25) is 0 Å². The molecule has 0 aliphatic heterocycles. The molecule has 2 N–H and O–H groups in total. The first kappa shape index (κ1) is 15.9. The monoisotopic (exact) mass is 292 g/mol. The highest BCUT2D eigenvalue weighted by molar-refractivity contribution is 5.51. The molecule has 2 aromatic rings. The Balaban J connectivity index is 1.96. The standard InChI is InChI=1S/C20H24N2/c1-3-10-18(22-20-13-8-5-9-14-20)16-15-17(2)21-19-11-6-4-7-12-19/h4-17,21-22H,3H2,1-2H3/b16-15-,18-10+. The largest absolute Gasteiger partial charge is 0.379 e. The van der Waals surface area contributed by atoms with Gasteiger partial charge < -0.3 is 10.6 Å². The van der Waals surface area contributed by atoms with Crippen molar-refractivity contribution in [1.29, 1.82) is 0 Å². The van der Waals surface area contributed by atoms with Crippen LogP contribution in [0.15, 0.2) is 84.6 Å². The third-order valence-electron chi connectivity index (χ3n) is 3.22. The van der Waals surface area contributed by atoms with Crippen molar-refractivity contribution in [3.05, 3.63) is 84.6 Å². The molecule has 0 aliphatic rings. The zero-order valence-electron chi connectivity index (χ0n) is 13.3. The summed E-state index contributed by atoms with van der Waals surface area (Å²) >= 11 is 0. The van der Waals surface area contributed by atoms with Crippen molar-refractivity contribution >= 4 is 11.4 Å². The molecule has 114 valence electrons. The van der Waals surface area contributed by atoms with Crippen molar-refractivity contribution in [3.63, 3.8) is 0 Å². The Morgan fingerprint density at radius 3 is 2.14 bits per heavy atom. The summed E-state index contributed by atoms with van der Waals surface area (Å²) in [7, 11) is 0. The maximum absolute atomic E-state index is 3.46. The molecule has 0 amide bonds. The summed E-state index contributed by atoms with van der Waals surface area (Å²) in [5, 5.41) is 6.91. The summed E-state index contributed by atoms with van der Waals surface area (Å²) < 4.78 is 0. The molecule has 0 fully saturated rings. The highest BCUT2D eigenvalue weighted by atomic mass is 14.9. The number of para-hydroxylation sites is 2. The number of anilines is 2. The van der Waals surface area contributed by atoms with Gasteiger partial charge in [-0.15, -0.1) is 0 Å². The molecule has 2 rings (SSSR count). The van der Waals surface area contributed by atoms with Crippen LogP contribution in [0.25, 0.3) is 0 Å². The van der Waals surface area contributed by atoms with Crippen LogP contribution in [0, 0.1) is 0 Å². The first-order chi connectivity index (χ1) is 10.8. The van der Waals surface area contributed by atoms with Crippen LogP contribution in [-0.4, -0.2) is 6.04 Å². The van der Waals surface area contributed by atoms with Gasteiger partial charge in [-0.3, -0.25) is 0 Å². The van der Waals surface area contributed by atoms with Gasteiger partial charge in [-0.25, -0.2) is 0 Å². The fourth-order valence-electron chi connectivity index (χ4n) is 2.16. The number of rotatable bonds is 7. The second-order valence-electron chi connectivity index (χ2n) is 5.22. The zero-order chi connectivity index (χ0) is 15.6. The molecule has 2 heteroatoms. The number of hydrogen-bond donors (Lipinski definition) is 2. The van der Waals surface area contributed by atoms with Crippen molar-refractivity contribution in [2.24, 2.45) is 0 Å². The van der Waals surface area contributed by atoms with Gasteiger partial charge in [-0.2, -0.15) is 0 Å². The van der Waals surface area contributed by atoms with Crippen LogP contribution in [0.1, 0.15) is 20.3 Å². The third-order valence-corrected chi connectivity index (χ3v) is 3.22. The number of benzene rings is 2. The molecule has 1 atom stereocenters. The minimum Gasteiger partial charge on any atom is -0.379 e. The normalized spacial score (nSPS) is 13.1. The number of nitrogens with one attached hydrogen (secondary N) is 2. The van der Waals surface area contributed by atoms with Gasteiger partial charge in [-0.1, -0.05) is 55.5 Å². The van der Waals surface area contributed by atoms with Crippen LogP contribution in [0.5, 0.6) is 0 Å². The SMILES string of the molecule is CC/C=C(\C=C/C(C)Nc1ccccc1)Nc1ccccc1. The van der Waals surface area contributed by atoms with Gasteiger partial charge in [0, 0.05) is 23.1 Å². The quantitative estimate of drug-likeness (QED) is 0.663. The van der Waals surface area contributed by atoms with Crippen LogP contribution < -0.4 is 10.6 Å². The summed E-state index contributed by atoms with van der Waals surface area (Å²) in [6.07, 6.45) is 7.50. The first-order valence-corrected chi connectivity index (χ1v) is 7.80. The topological polar surface area (TPSA) is 24.1 Å². The predicted molar refractivity (Wildman–Crippen MR) is 97.1 cm³/mol. The van der Waals surface area contributed by atoms with E-state index in [1.54, 1.807) is 0 Å². The molecule has 0 spiro atoms. The van der Waals surface area contributed by atoms with Crippen LogP contribution in [0.3, 0.4) is 0 Å². The van der Waals surface area contributed by atoms with Crippen molar-refractivity contribution in [3.8, 4) is 0 Å². The Morgan fingerprint density at radius 2 is 1.55 bits per heavy atom. The Morgan fingerprint density at radius 1 is 0.955 bits per heavy atom. The van der Waals surface area contributed by atoms with Crippen LogP contribution >= 0.6 is 0 Å². The van der Waals surface area contributed by atoms with E-state index < -0.39 is 0 Å². The van der Waals surface area contributed by atoms with Crippen molar-refractivity contribution in [2.75, 3.05) is 10.6 Å². The summed E-state index contributed by atoms with van der Waals surface area (Å²) in [6, 6.07) is 20.8. The summed E-state index contributed by atoms with van der Waals surface area (Å²) in [5.74, 6) is 0. The second-order valence-corrected chi connectivity index (χ2v) is 5.22. The molecular weight excluding hydrogens is 268 g/mol. The molecule has 22 heavy (non-hydrogen) atoms. The van der Waals surface area contributed by atoms with Gasteiger partial charge in [-0.05, 0) is 43.7 Å². The van der Waals surface area contributed by atoms with Gasteiger partial charge >= 0.3 is 0 Å². The van der Waals surface area contributed by atoms with Gasteiger partial charge in [0.25, 0.3) is 0 Å². The predicted octanol–water partition coefficient (Wildman–Crippen LogP) is 5.45. The van der Waals surface area contributed by atoms with E-state index in [0.717, 1.165) is 23.5 Å². The lowest BCUT2D eigenvalue weighted by Gasteiger charge is -2.12. The van der Waals surface area contributed by atoms with E-state index in [-0.39, 0.29) is 6.04 Å². The third kappa shape index (κ3) is 5.49. The Labute approximate surface area is 133 Å². The Kier molecular flexibility index (Phi) is 6.31. The van der Waals surface area contributed by atoms with Crippen LogP contribution in [0.4, 0.5) is 11.4 Å². The average molecular weight is 292 g/mol. The fourth-order valence-corrected chi connectivity index (χ4v) is 2.16. The summed E-state index contributed by atoms with van der Waals surface area (Å²) in [4.78, 5) is 0. The molecule has 1 unspecified atom stereocenters. The first-order valence-electron chi connectivity index (χ1n) is 7.80. The van der Waals surface area contributed by atoms with E-state index in [1.165, 1.54) is 0 Å². The molecule has 0 bridgehead atoms. The van der Waals surface area contributed by atoms with E-state index >= 15 is 0 Å². The van der Waals surface area contributed by atoms with Crippen molar-refractivity contribution in [1.82, 2.24) is 0 Å². The summed E-state index contributed by atoms with van der Waals surface area (Å²) in [5.41, 5.74) is 3.36. The zero-order valence-corrected chi connectivity index (χ0v) is 13.3. The van der Waals surface area contributed by atoms with Gasteiger partial charge in [0.15, 0.2) is 0 Å². The molecule has 0 aromatic heterocycles. The van der Waals surface area contributed by atoms with Gasteiger partial charge in [0.1, 0.15) is 0 Å². The van der Waals surface area contributed by atoms with Crippen molar-refractivity contribution in [2.45, 2.75) is 26.3 Å². The van der Waals surface area contributed by atoms with Gasteiger partial charge in [0.05, 0.1) is 0 Å². The highest BCUT2D eigenvalue weighted by Crippen LogP contribution is 2.12. The van der Waals surface area contributed by atoms with Gasteiger partial charge in [0.2, 0.25) is 0 Å². The smallest absolute Gasteiger partial charge is 0.0419 e. The van der Waals surface area contributed by atoms with Crippen LogP contribution in [-0.2, 0) is 0 Å². The molecule has 0 aliphatic carbocycles. The fraction of sp³-hybridized carbons (Fsp3) is 0.200. The second kappa shape index (κ2) is 8.73. The molecule has 0 radical (unpaired) electrons. The average Bonchev–Trinajstić information content (AvgIpc) is 2.55. The maximum atomic E-state index is 3.46. The summed E-state index contributed by atoms with van der Waals surface area (Å²) in [6.45, 7) is 4.29. The lowest BCUT2D eigenvalue weighted by atomic mass is 10.2. The molecule has 0 saturated carbocycles. The van der Waals surface area contributed by atoms with E-state index in [9.17, 15) is 0 Å². The number of allylic oxidation sites excluding steroid dienone is 2. The molecule has 0 heterocycles. The van der Waals surface area contributed by atoms with E-state index in [2.05, 4.69) is 67.0 Å². The minimum absolute atomic E-state index is 0.264. The van der Waals surface area contributed by atoms with Crippen molar-refractivity contribution < 1.29 is 0 Å². The Hall–Kier alpha value is -2.48. The lowest BCUT2D eigenvalue weighted by Crippen LogP contribution is -2.12. The maximum Gasteiger partial charge on any atom is 0.0419 e. The highest BCUT2D eigenvalue weighted by Gasteiger charge is 1.98. The lowest BCUT2D eigenvalue weighted by molar-refractivity contribution is 0.995. The Bertz CT molecular complexity index is 600. The number of hydrogen-bond acceptors (Lipinski definition) is 2. The van der Waals surface area contributed by atoms with E-state index in [4.69, 9.17) is 0 Å². The van der Waals surface area contributed by atoms with E-state index in [0.29, 0.717) is 0 Å². The molecule has 2 aromatic carbocycles. The van der Waals surface area contributed by atoms with E-state index in [1.807, 2.05) is 36.4 Å². The molecular formula is C20H24N2.